The average molecular weight is 510 g/mol. The molecule has 0 spiro atoms. The second kappa shape index (κ2) is 11.8. The lowest BCUT2D eigenvalue weighted by Gasteiger charge is -2.40. The predicted molar refractivity (Wildman–Crippen MR) is 138 cm³/mol. The number of rotatable bonds is 9. The normalized spacial score (nSPS) is 20.3. The molecule has 1 aliphatic heterocycles. The summed E-state index contributed by atoms with van der Waals surface area (Å²) in [5.41, 5.74) is 2.48. The lowest BCUT2D eigenvalue weighted by atomic mass is 9.69. The van der Waals surface area contributed by atoms with Crippen molar-refractivity contribution in [2.24, 2.45) is 11.8 Å². The molecule has 0 amide bonds. The first-order chi connectivity index (χ1) is 17.9. The Hall–Kier alpha value is -3.29. The highest BCUT2D eigenvalue weighted by atomic mass is 19.1. The smallest absolute Gasteiger partial charge is 0.167 e. The Morgan fingerprint density at radius 3 is 2.43 bits per heavy atom. The van der Waals surface area contributed by atoms with Gasteiger partial charge < -0.3 is 19.5 Å². The number of halogens is 2. The van der Waals surface area contributed by atoms with Crippen molar-refractivity contribution in [2.45, 2.75) is 25.4 Å². The lowest BCUT2D eigenvalue weighted by Crippen LogP contribution is -2.46. The minimum absolute atomic E-state index is 0.0395. The molecular formula is C30H33F2NO4. The van der Waals surface area contributed by atoms with E-state index in [1.807, 2.05) is 12.1 Å². The summed E-state index contributed by atoms with van der Waals surface area (Å²) < 4.78 is 45.9. The third-order valence-corrected chi connectivity index (χ3v) is 7.48. The van der Waals surface area contributed by atoms with E-state index in [0.717, 1.165) is 5.56 Å². The van der Waals surface area contributed by atoms with Crippen LogP contribution in [0.4, 0.5) is 8.78 Å². The van der Waals surface area contributed by atoms with Crippen molar-refractivity contribution >= 4 is 5.78 Å². The quantitative estimate of drug-likeness (QED) is 0.366. The number of benzene rings is 3. The van der Waals surface area contributed by atoms with Gasteiger partial charge in [-0.25, -0.2) is 8.78 Å². The van der Waals surface area contributed by atoms with Gasteiger partial charge in [0.1, 0.15) is 11.6 Å². The number of ether oxygens (including phenoxy) is 3. The fourth-order valence-corrected chi connectivity index (χ4v) is 5.53. The summed E-state index contributed by atoms with van der Waals surface area (Å²) >= 11 is 0. The number of hydrogen-bond donors (Lipinski definition) is 1. The van der Waals surface area contributed by atoms with Crippen LogP contribution in [0.3, 0.4) is 0 Å². The van der Waals surface area contributed by atoms with Crippen molar-refractivity contribution in [3.8, 4) is 11.5 Å². The fourth-order valence-electron chi connectivity index (χ4n) is 5.53. The lowest BCUT2D eigenvalue weighted by molar-refractivity contribution is 0.0490. The molecule has 5 nitrogen and oxygen atoms in total. The highest BCUT2D eigenvalue weighted by molar-refractivity contribution is 5.98. The fraction of sp³-hybridized carbons (Fsp3) is 0.367. The van der Waals surface area contributed by atoms with E-state index in [1.54, 1.807) is 57.5 Å². The van der Waals surface area contributed by atoms with Gasteiger partial charge in [0, 0.05) is 43.2 Å². The van der Waals surface area contributed by atoms with E-state index in [4.69, 9.17) is 14.2 Å². The molecule has 1 heterocycles. The Morgan fingerprint density at radius 1 is 0.973 bits per heavy atom. The molecule has 0 saturated carbocycles. The van der Waals surface area contributed by atoms with E-state index in [9.17, 15) is 13.6 Å². The topological polar surface area (TPSA) is 56.8 Å². The zero-order valence-electron chi connectivity index (χ0n) is 21.6. The van der Waals surface area contributed by atoms with Gasteiger partial charge in [0.2, 0.25) is 0 Å². The van der Waals surface area contributed by atoms with Crippen molar-refractivity contribution < 1.29 is 27.8 Å². The van der Waals surface area contributed by atoms with Crippen LogP contribution in [0.15, 0.2) is 60.7 Å². The summed E-state index contributed by atoms with van der Waals surface area (Å²) in [5.74, 6) is -0.966. The standard InChI is InChI=1S/C30H33F2NO4/c1-18-21(10-6-12-26(18)31)28(36-3)15-23-24(22-11-7-13-27(32)30(22)37-4)16-33-17-25(23)29(34)19-8-5-9-20(14-19)35-2/h5-14,23-25,28,33H,15-17H2,1-4H3/t23-,24+,25-,28?/m0/s1. The maximum Gasteiger partial charge on any atom is 0.167 e. The number of para-hydroxylation sites is 1. The van der Waals surface area contributed by atoms with E-state index in [1.165, 1.54) is 19.2 Å². The number of Topliss-reactive ketones (excluding diaryl/α,β-unsaturated/α-hetero) is 1. The Balaban J connectivity index is 1.79. The van der Waals surface area contributed by atoms with E-state index < -0.39 is 17.8 Å². The minimum Gasteiger partial charge on any atom is -0.497 e. The summed E-state index contributed by atoms with van der Waals surface area (Å²) in [4.78, 5) is 13.9. The molecule has 0 radical (unpaired) electrons. The molecule has 37 heavy (non-hydrogen) atoms. The van der Waals surface area contributed by atoms with E-state index in [-0.39, 0.29) is 29.2 Å². The molecule has 1 saturated heterocycles. The van der Waals surface area contributed by atoms with Crippen molar-refractivity contribution in [1.82, 2.24) is 5.32 Å². The summed E-state index contributed by atoms with van der Waals surface area (Å²) in [6.07, 6.45) is -0.0193. The zero-order valence-corrected chi connectivity index (χ0v) is 21.6. The second-order valence-electron chi connectivity index (χ2n) is 9.41. The number of nitrogens with one attached hydrogen (secondary N) is 1. The number of ketones is 1. The monoisotopic (exact) mass is 509 g/mol. The van der Waals surface area contributed by atoms with E-state index >= 15 is 0 Å². The summed E-state index contributed by atoms with van der Waals surface area (Å²) in [6, 6.07) is 16.9. The van der Waals surface area contributed by atoms with Crippen LogP contribution in [0, 0.1) is 30.4 Å². The molecule has 0 aliphatic carbocycles. The third kappa shape index (κ3) is 5.53. The van der Waals surface area contributed by atoms with Gasteiger partial charge in [-0.15, -0.1) is 0 Å². The number of carbonyl (C=O) groups is 1. The van der Waals surface area contributed by atoms with Gasteiger partial charge in [0.15, 0.2) is 17.3 Å². The Labute approximate surface area is 216 Å². The molecule has 0 bridgehead atoms. The SMILES string of the molecule is COc1cccc(C(=O)[C@H]2CNC[C@H](c3cccc(F)c3OC)[C@@H]2CC(OC)c2cccc(F)c2C)c1. The van der Waals surface area contributed by atoms with Crippen molar-refractivity contribution in [2.75, 3.05) is 34.4 Å². The molecule has 1 unspecified atom stereocenters. The first-order valence-corrected chi connectivity index (χ1v) is 12.4. The molecule has 7 heteroatoms. The summed E-state index contributed by atoms with van der Waals surface area (Å²) in [5, 5.41) is 3.38. The Kier molecular flexibility index (Phi) is 8.56. The van der Waals surface area contributed by atoms with Crippen LogP contribution >= 0.6 is 0 Å². The summed E-state index contributed by atoms with van der Waals surface area (Å²) in [6.45, 7) is 2.71. The molecule has 4 rings (SSSR count). The first-order valence-electron chi connectivity index (χ1n) is 12.4. The minimum atomic E-state index is -0.457. The largest absolute Gasteiger partial charge is 0.497 e. The molecule has 3 aromatic rings. The van der Waals surface area contributed by atoms with E-state index in [0.29, 0.717) is 42.0 Å². The van der Waals surface area contributed by atoms with Crippen LogP contribution in [0.2, 0.25) is 0 Å². The van der Waals surface area contributed by atoms with Gasteiger partial charge in [-0.2, -0.15) is 0 Å². The Morgan fingerprint density at radius 2 is 1.70 bits per heavy atom. The molecule has 4 atom stereocenters. The third-order valence-electron chi connectivity index (χ3n) is 7.48. The Bertz CT molecular complexity index is 1250. The molecule has 1 N–H and O–H groups in total. The van der Waals surface area contributed by atoms with Gasteiger partial charge in [0.25, 0.3) is 0 Å². The summed E-state index contributed by atoms with van der Waals surface area (Å²) in [7, 11) is 4.60. The maximum atomic E-state index is 14.7. The molecular weight excluding hydrogens is 476 g/mol. The van der Waals surface area contributed by atoms with Crippen LogP contribution in [0.25, 0.3) is 0 Å². The highest BCUT2D eigenvalue weighted by Crippen LogP contribution is 2.44. The molecule has 3 aromatic carbocycles. The highest BCUT2D eigenvalue weighted by Gasteiger charge is 2.41. The number of carbonyl (C=O) groups excluding carboxylic acids is 1. The molecule has 196 valence electrons. The van der Waals surface area contributed by atoms with Crippen molar-refractivity contribution in [3.05, 3.63) is 94.6 Å². The maximum absolute atomic E-state index is 14.7. The molecule has 0 aromatic heterocycles. The van der Waals surface area contributed by atoms with Crippen molar-refractivity contribution in [1.29, 1.82) is 0 Å². The number of piperidine rings is 1. The number of hydrogen-bond acceptors (Lipinski definition) is 5. The van der Waals surface area contributed by atoms with Crippen molar-refractivity contribution in [3.63, 3.8) is 0 Å². The van der Waals surface area contributed by atoms with Crippen LogP contribution in [0.1, 0.15) is 45.5 Å². The van der Waals surface area contributed by atoms with Gasteiger partial charge in [0.05, 0.1) is 20.3 Å². The second-order valence-corrected chi connectivity index (χ2v) is 9.41. The van der Waals surface area contributed by atoms with Crippen LogP contribution in [-0.2, 0) is 4.74 Å². The number of methoxy groups -OCH3 is 3. The molecule has 1 aliphatic rings. The van der Waals surface area contributed by atoms with Gasteiger partial charge in [-0.3, -0.25) is 4.79 Å². The average Bonchev–Trinajstić information content (AvgIpc) is 2.92. The molecule has 1 fully saturated rings. The predicted octanol–water partition coefficient (Wildman–Crippen LogP) is 5.87. The van der Waals surface area contributed by atoms with Crippen LogP contribution < -0.4 is 14.8 Å². The van der Waals surface area contributed by atoms with Gasteiger partial charge in [-0.05, 0) is 54.7 Å². The zero-order chi connectivity index (χ0) is 26.5. The van der Waals surface area contributed by atoms with Crippen LogP contribution in [-0.4, -0.2) is 40.2 Å². The van der Waals surface area contributed by atoms with Crippen LogP contribution in [0.5, 0.6) is 11.5 Å². The van der Waals surface area contributed by atoms with Gasteiger partial charge >= 0.3 is 0 Å². The van der Waals surface area contributed by atoms with E-state index in [2.05, 4.69) is 5.32 Å². The first kappa shape index (κ1) is 26.8. The van der Waals surface area contributed by atoms with Gasteiger partial charge in [-0.1, -0.05) is 36.4 Å².